The third kappa shape index (κ3) is 4.16. The Bertz CT molecular complexity index is 793. The number of nitrogens with one attached hydrogen (secondary N) is 1. The summed E-state index contributed by atoms with van der Waals surface area (Å²) < 4.78 is 15.5. The van der Waals surface area contributed by atoms with Gasteiger partial charge >= 0.3 is 5.97 Å². The monoisotopic (exact) mass is 375 g/mol. The number of aryl methyl sites for hydroxylation is 2. The van der Waals surface area contributed by atoms with E-state index < -0.39 is 5.97 Å². The summed E-state index contributed by atoms with van der Waals surface area (Å²) in [6.45, 7) is 0.0126. The average Bonchev–Trinajstić information content (AvgIpc) is 3.26. The summed E-state index contributed by atoms with van der Waals surface area (Å²) in [5.41, 5.74) is 2.09. The van der Waals surface area contributed by atoms with Crippen molar-refractivity contribution in [3.63, 3.8) is 0 Å². The molecule has 0 saturated heterocycles. The number of esters is 1. The summed E-state index contributed by atoms with van der Waals surface area (Å²) in [7, 11) is 3.12. The topological polar surface area (TPSA) is 73.9 Å². The highest BCUT2D eigenvalue weighted by Crippen LogP contribution is 2.31. The number of hydrogen-bond donors (Lipinski definition) is 1. The molecule has 1 N–H and O–H groups in total. The van der Waals surface area contributed by atoms with Crippen molar-refractivity contribution < 1.29 is 23.8 Å². The lowest BCUT2D eigenvalue weighted by Gasteiger charge is -2.10. The van der Waals surface area contributed by atoms with Crippen molar-refractivity contribution >= 4 is 23.2 Å². The van der Waals surface area contributed by atoms with Crippen LogP contribution in [0.1, 0.15) is 32.1 Å². The fraction of sp³-hybridized carbons (Fsp3) is 0.368. The third-order valence-electron chi connectivity index (χ3n) is 4.22. The second-order valence-corrected chi connectivity index (χ2v) is 7.09. The molecule has 1 aromatic heterocycles. The molecule has 0 bridgehead atoms. The molecular weight excluding hydrogens is 354 g/mol. The second-order valence-electron chi connectivity index (χ2n) is 5.95. The average molecular weight is 375 g/mol. The molecule has 138 valence electrons. The van der Waals surface area contributed by atoms with Gasteiger partial charge in [-0.25, -0.2) is 4.79 Å². The van der Waals surface area contributed by atoms with Crippen molar-refractivity contribution in [1.29, 1.82) is 0 Å². The lowest BCUT2D eigenvalue weighted by atomic mass is 10.2. The summed E-state index contributed by atoms with van der Waals surface area (Å²) >= 11 is 1.47. The summed E-state index contributed by atoms with van der Waals surface area (Å²) in [4.78, 5) is 25.8. The SMILES string of the molecule is COc1ccc(CNC(=O)COC(=O)c2cc3c(s2)CCC3)cc1OC. The lowest BCUT2D eigenvalue weighted by Crippen LogP contribution is -2.28. The first-order valence-electron chi connectivity index (χ1n) is 8.37. The van der Waals surface area contributed by atoms with Crippen LogP contribution in [-0.4, -0.2) is 32.7 Å². The van der Waals surface area contributed by atoms with E-state index in [0.717, 1.165) is 24.8 Å². The minimum atomic E-state index is -0.439. The molecule has 7 heteroatoms. The van der Waals surface area contributed by atoms with Crippen LogP contribution in [0.3, 0.4) is 0 Å². The lowest BCUT2D eigenvalue weighted by molar-refractivity contribution is -0.124. The summed E-state index contributed by atoms with van der Waals surface area (Å²) in [6.07, 6.45) is 3.19. The molecule has 0 radical (unpaired) electrons. The van der Waals surface area contributed by atoms with Crippen molar-refractivity contribution in [3.8, 4) is 11.5 Å². The number of thiophene rings is 1. The van der Waals surface area contributed by atoms with Gasteiger partial charge in [0.15, 0.2) is 18.1 Å². The van der Waals surface area contributed by atoms with Gasteiger partial charge in [-0.15, -0.1) is 11.3 Å². The Morgan fingerprint density at radius 3 is 2.65 bits per heavy atom. The van der Waals surface area contributed by atoms with Crippen LogP contribution in [-0.2, 0) is 28.9 Å². The number of methoxy groups -OCH3 is 2. The summed E-state index contributed by atoms with van der Waals surface area (Å²) in [6, 6.07) is 7.28. The van der Waals surface area contributed by atoms with Crippen LogP contribution in [0.25, 0.3) is 0 Å². The van der Waals surface area contributed by atoms with Crippen LogP contribution in [0.15, 0.2) is 24.3 Å². The zero-order chi connectivity index (χ0) is 18.5. The number of fused-ring (bicyclic) bond motifs is 1. The molecular formula is C19H21NO5S. The van der Waals surface area contributed by atoms with Gasteiger partial charge in [-0.2, -0.15) is 0 Å². The van der Waals surface area contributed by atoms with Crippen LogP contribution in [0, 0.1) is 0 Å². The van der Waals surface area contributed by atoms with E-state index in [2.05, 4.69) is 5.32 Å². The fourth-order valence-corrected chi connectivity index (χ4v) is 4.02. The molecule has 2 aromatic rings. The fourth-order valence-electron chi connectivity index (χ4n) is 2.87. The minimum absolute atomic E-state index is 0.297. The largest absolute Gasteiger partial charge is 0.493 e. The minimum Gasteiger partial charge on any atom is -0.493 e. The van der Waals surface area contributed by atoms with Gasteiger partial charge in [0.05, 0.1) is 14.2 Å². The number of amides is 1. The molecule has 0 spiro atoms. The Morgan fingerprint density at radius 1 is 1.12 bits per heavy atom. The highest BCUT2D eigenvalue weighted by molar-refractivity contribution is 7.14. The van der Waals surface area contributed by atoms with Gasteiger partial charge < -0.3 is 19.5 Å². The van der Waals surface area contributed by atoms with E-state index >= 15 is 0 Å². The Morgan fingerprint density at radius 2 is 1.92 bits per heavy atom. The summed E-state index contributed by atoms with van der Waals surface area (Å²) in [5, 5.41) is 2.72. The van der Waals surface area contributed by atoms with Crippen LogP contribution >= 0.6 is 11.3 Å². The molecule has 0 saturated carbocycles. The Labute approximate surface area is 156 Å². The van der Waals surface area contributed by atoms with Gasteiger partial charge in [0.2, 0.25) is 0 Å². The van der Waals surface area contributed by atoms with E-state index in [4.69, 9.17) is 14.2 Å². The summed E-state index contributed by atoms with van der Waals surface area (Å²) in [5.74, 6) is 0.429. The van der Waals surface area contributed by atoms with Gasteiger partial charge in [0, 0.05) is 11.4 Å². The van der Waals surface area contributed by atoms with Crippen molar-refractivity contribution in [1.82, 2.24) is 5.32 Å². The van der Waals surface area contributed by atoms with Crippen LogP contribution in [0.2, 0.25) is 0 Å². The van der Waals surface area contributed by atoms with E-state index in [-0.39, 0.29) is 12.5 Å². The molecule has 1 aliphatic carbocycles. The Balaban J connectivity index is 1.47. The van der Waals surface area contributed by atoms with E-state index in [0.29, 0.717) is 22.9 Å². The second kappa shape index (κ2) is 8.23. The van der Waals surface area contributed by atoms with Gasteiger partial charge in [-0.3, -0.25) is 4.79 Å². The van der Waals surface area contributed by atoms with Crippen LogP contribution in [0.5, 0.6) is 11.5 Å². The predicted octanol–water partition coefficient (Wildman–Crippen LogP) is 2.73. The normalized spacial score (nSPS) is 12.4. The Hall–Kier alpha value is -2.54. The van der Waals surface area contributed by atoms with Crippen molar-refractivity contribution in [2.45, 2.75) is 25.8 Å². The van der Waals surface area contributed by atoms with E-state index in [1.54, 1.807) is 26.4 Å². The molecule has 1 aliphatic rings. The molecule has 1 amide bonds. The molecule has 1 aromatic carbocycles. The number of rotatable bonds is 7. The third-order valence-corrected chi connectivity index (χ3v) is 5.44. The standard InChI is InChI=1S/C19H21NO5S/c1-23-14-7-6-12(8-15(14)24-2)10-20-18(21)11-25-19(22)17-9-13-4-3-5-16(13)26-17/h6-9H,3-5,10-11H2,1-2H3,(H,20,21). The highest BCUT2D eigenvalue weighted by atomic mass is 32.1. The van der Waals surface area contributed by atoms with E-state index in [9.17, 15) is 9.59 Å². The zero-order valence-corrected chi connectivity index (χ0v) is 15.6. The van der Waals surface area contributed by atoms with Gasteiger partial charge in [-0.1, -0.05) is 6.07 Å². The maximum atomic E-state index is 12.1. The van der Waals surface area contributed by atoms with Gasteiger partial charge in [0.25, 0.3) is 5.91 Å². The molecule has 0 fully saturated rings. The number of benzene rings is 1. The number of ether oxygens (including phenoxy) is 3. The number of carbonyl (C=O) groups excluding carboxylic acids is 2. The first kappa shape index (κ1) is 18.3. The molecule has 0 unspecified atom stereocenters. The van der Waals surface area contributed by atoms with Crippen molar-refractivity contribution in [3.05, 3.63) is 45.1 Å². The van der Waals surface area contributed by atoms with Crippen LogP contribution in [0.4, 0.5) is 0 Å². The maximum Gasteiger partial charge on any atom is 0.348 e. The van der Waals surface area contributed by atoms with Crippen LogP contribution < -0.4 is 14.8 Å². The quantitative estimate of drug-likeness (QED) is 0.753. The zero-order valence-electron chi connectivity index (χ0n) is 14.8. The predicted molar refractivity (Wildman–Crippen MR) is 98.0 cm³/mol. The highest BCUT2D eigenvalue weighted by Gasteiger charge is 2.19. The molecule has 0 atom stereocenters. The number of hydrogen-bond acceptors (Lipinski definition) is 6. The molecule has 3 rings (SSSR count). The first-order valence-corrected chi connectivity index (χ1v) is 9.18. The van der Waals surface area contributed by atoms with Gasteiger partial charge in [-0.05, 0) is 48.6 Å². The number of carbonyl (C=O) groups is 2. The molecule has 6 nitrogen and oxygen atoms in total. The smallest absolute Gasteiger partial charge is 0.348 e. The first-order chi connectivity index (χ1) is 12.6. The van der Waals surface area contributed by atoms with E-state index in [1.807, 2.05) is 12.1 Å². The molecule has 26 heavy (non-hydrogen) atoms. The molecule has 0 aliphatic heterocycles. The van der Waals surface area contributed by atoms with Crippen molar-refractivity contribution in [2.75, 3.05) is 20.8 Å². The molecule has 1 heterocycles. The van der Waals surface area contributed by atoms with Gasteiger partial charge in [0.1, 0.15) is 4.88 Å². The van der Waals surface area contributed by atoms with E-state index in [1.165, 1.54) is 21.8 Å². The Kier molecular flexibility index (Phi) is 5.78. The maximum absolute atomic E-state index is 12.1. The van der Waals surface area contributed by atoms with Crippen molar-refractivity contribution in [2.24, 2.45) is 0 Å².